The van der Waals surface area contributed by atoms with E-state index in [0.29, 0.717) is 0 Å². The van der Waals surface area contributed by atoms with Crippen LogP contribution in [0.15, 0.2) is 57.6 Å². The van der Waals surface area contributed by atoms with E-state index in [1.54, 1.807) is 0 Å². The molecule has 204 valence electrons. The molecule has 0 saturated heterocycles. The van der Waals surface area contributed by atoms with Gasteiger partial charge in [0.25, 0.3) is 23.2 Å². The van der Waals surface area contributed by atoms with Crippen molar-refractivity contribution >= 4 is 29.3 Å². The highest BCUT2D eigenvalue weighted by molar-refractivity contribution is 5.91. The van der Waals surface area contributed by atoms with E-state index in [9.17, 15) is 34.6 Å². The quantitative estimate of drug-likeness (QED) is 0.124. The molecule has 0 atom stereocenters. The molecule has 40 heavy (non-hydrogen) atoms. The van der Waals surface area contributed by atoms with Gasteiger partial charge in [-0.25, -0.2) is 4.79 Å². The number of carbonyl (C=O) groups excluding carboxylic acids is 3. The first-order chi connectivity index (χ1) is 19.0. The highest BCUT2D eigenvalue weighted by Gasteiger charge is 2.21. The van der Waals surface area contributed by atoms with Gasteiger partial charge in [0.1, 0.15) is 23.0 Å². The van der Waals surface area contributed by atoms with Gasteiger partial charge in [-0.2, -0.15) is 0 Å². The first-order valence-corrected chi connectivity index (χ1v) is 10.9. The molecule has 0 bridgehead atoms. The van der Waals surface area contributed by atoms with Crippen molar-refractivity contribution in [2.24, 2.45) is 11.5 Å². The topological polar surface area (TPSA) is 260 Å². The summed E-state index contributed by atoms with van der Waals surface area (Å²) in [6, 6.07) is 9.14. The summed E-state index contributed by atoms with van der Waals surface area (Å²) in [5.74, 6) is -1.84. The highest BCUT2D eigenvalue weighted by Crippen LogP contribution is 2.30. The van der Waals surface area contributed by atoms with E-state index in [1.165, 1.54) is 12.1 Å². The number of nitro groups is 2. The number of carbonyl (C=O) groups is 3. The van der Waals surface area contributed by atoms with Crippen molar-refractivity contribution in [2.45, 2.75) is 12.8 Å². The summed E-state index contributed by atoms with van der Waals surface area (Å²) in [6.07, 6.45) is -1.65. The van der Waals surface area contributed by atoms with Crippen LogP contribution >= 0.6 is 0 Å². The monoisotopic (exact) mass is 552 g/mol. The van der Waals surface area contributed by atoms with E-state index < -0.39 is 27.8 Å². The number of ether oxygens (including phenoxy) is 2. The number of aromatic nitrogens is 2. The highest BCUT2D eigenvalue weighted by atomic mass is 16.7. The van der Waals surface area contributed by atoms with Gasteiger partial charge in [0, 0.05) is 60.4 Å². The van der Waals surface area contributed by atoms with E-state index in [4.69, 9.17) is 30.0 Å². The van der Waals surface area contributed by atoms with Crippen LogP contribution in [0.5, 0.6) is 11.5 Å². The molecule has 17 nitrogen and oxygen atoms in total. The van der Waals surface area contributed by atoms with Gasteiger partial charge in [0.2, 0.25) is 0 Å². The molecule has 2 aromatic heterocycles. The zero-order chi connectivity index (χ0) is 29.0. The maximum atomic E-state index is 12.7. The standard InChI is InChI=1S/C23H16N6O11/c24-21(30)17-9-15(39-26-17)7-11-5-13(28(33)34)1-3-19(11)37-23(32)38-20-4-2-14(29(35)36)6-12(20)8-16-10-18(22(25)31)27-40-16/h1-6,9-10H,7-8H2,(H2,24,30)(H2,25,31). The summed E-state index contributed by atoms with van der Waals surface area (Å²) < 4.78 is 20.6. The third-order valence-electron chi connectivity index (χ3n) is 5.25. The fourth-order valence-corrected chi connectivity index (χ4v) is 3.43. The van der Waals surface area contributed by atoms with Crippen molar-refractivity contribution < 1.29 is 42.8 Å². The maximum Gasteiger partial charge on any atom is 0.519 e. The van der Waals surface area contributed by atoms with Gasteiger partial charge in [0.15, 0.2) is 11.4 Å². The van der Waals surface area contributed by atoms with Gasteiger partial charge in [-0.1, -0.05) is 10.3 Å². The molecule has 0 radical (unpaired) electrons. The molecular formula is C23H16N6O11. The number of primary amides is 2. The smallest absolute Gasteiger partial charge is 0.394 e. The van der Waals surface area contributed by atoms with Gasteiger partial charge in [-0.3, -0.25) is 29.8 Å². The van der Waals surface area contributed by atoms with E-state index >= 15 is 0 Å². The third kappa shape index (κ3) is 6.22. The van der Waals surface area contributed by atoms with Crippen molar-refractivity contribution in [3.8, 4) is 11.5 Å². The molecule has 0 aliphatic carbocycles. The van der Waals surface area contributed by atoms with Crippen molar-refractivity contribution in [1.82, 2.24) is 10.3 Å². The first-order valence-electron chi connectivity index (χ1n) is 10.9. The molecule has 2 heterocycles. The Kier molecular flexibility index (Phi) is 7.46. The Labute approximate surface area is 221 Å². The fraction of sp³-hybridized carbons (Fsp3) is 0.0870. The van der Waals surface area contributed by atoms with Crippen LogP contribution < -0.4 is 20.9 Å². The van der Waals surface area contributed by atoms with Crippen molar-refractivity contribution in [3.05, 3.63) is 103 Å². The van der Waals surface area contributed by atoms with E-state index in [0.717, 1.165) is 36.4 Å². The number of hydrogen-bond acceptors (Lipinski definition) is 13. The third-order valence-corrected chi connectivity index (χ3v) is 5.25. The maximum absolute atomic E-state index is 12.7. The predicted molar refractivity (Wildman–Crippen MR) is 128 cm³/mol. The fourth-order valence-electron chi connectivity index (χ4n) is 3.43. The predicted octanol–water partition coefficient (Wildman–Crippen LogP) is 2.44. The normalized spacial score (nSPS) is 10.6. The Bertz CT molecular complexity index is 1540. The lowest BCUT2D eigenvalue weighted by molar-refractivity contribution is -0.385. The Morgan fingerprint density at radius 3 is 1.45 bits per heavy atom. The number of amides is 2. The van der Waals surface area contributed by atoms with Crippen molar-refractivity contribution in [3.63, 3.8) is 0 Å². The molecule has 2 aromatic carbocycles. The molecule has 17 heteroatoms. The van der Waals surface area contributed by atoms with Gasteiger partial charge in [-0.15, -0.1) is 0 Å². The summed E-state index contributed by atoms with van der Waals surface area (Å²) in [5, 5.41) is 29.5. The summed E-state index contributed by atoms with van der Waals surface area (Å²) in [6.45, 7) is 0. The lowest BCUT2D eigenvalue weighted by Gasteiger charge is -2.11. The van der Waals surface area contributed by atoms with Gasteiger partial charge >= 0.3 is 6.16 Å². The summed E-state index contributed by atoms with van der Waals surface area (Å²) in [4.78, 5) is 56.5. The molecule has 0 saturated carbocycles. The summed E-state index contributed by atoms with van der Waals surface area (Å²) in [5.41, 5.74) is 9.49. The first kappa shape index (κ1) is 26.9. The van der Waals surface area contributed by atoms with Crippen LogP contribution in [-0.2, 0) is 12.8 Å². The zero-order valence-electron chi connectivity index (χ0n) is 20.0. The number of rotatable bonds is 10. The summed E-state index contributed by atoms with van der Waals surface area (Å²) in [7, 11) is 0. The molecular weight excluding hydrogens is 536 g/mol. The zero-order valence-corrected chi connectivity index (χ0v) is 20.0. The molecule has 4 N–H and O–H groups in total. The van der Waals surface area contributed by atoms with E-state index in [2.05, 4.69) is 10.3 Å². The van der Waals surface area contributed by atoms with Gasteiger partial charge in [0.05, 0.1) is 9.85 Å². The van der Waals surface area contributed by atoms with Crippen LogP contribution in [0.4, 0.5) is 16.2 Å². The van der Waals surface area contributed by atoms with Gasteiger partial charge in [-0.05, 0) is 12.1 Å². The van der Waals surface area contributed by atoms with Crippen LogP contribution in [-0.4, -0.2) is 38.1 Å². The van der Waals surface area contributed by atoms with E-state index in [1.807, 2.05) is 0 Å². The number of nitro benzene ring substituents is 2. The molecule has 0 fully saturated rings. The van der Waals surface area contributed by atoms with Crippen LogP contribution in [0.2, 0.25) is 0 Å². The van der Waals surface area contributed by atoms with Crippen LogP contribution in [0.25, 0.3) is 0 Å². The number of non-ortho nitro benzene ring substituents is 2. The average Bonchev–Trinajstić information content (AvgIpc) is 3.56. The van der Waals surface area contributed by atoms with Gasteiger partial charge < -0.3 is 30.0 Å². The molecule has 2 amide bonds. The molecule has 0 aliphatic heterocycles. The molecule has 0 unspecified atom stereocenters. The van der Waals surface area contributed by atoms with Crippen molar-refractivity contribution in [2.75, 3.05) is 0 Å². The van der Waals surface area contributed by atoms with Crippen LogP contribution in [0, 0.1) is 20.2 Å². The number of nitrogens with zero attached hydrogens (tertiary/aromatic N) is 4. The van der Waals surface area contributed by atoms with Crippen molar-refractivity contribution in [1.29, 1.82) is 0 Å². The van der Waals surface area contributed by atoms with Crippen LogP contribution in [0.1, 0.15) is 43.6 Å². The van der Waals surface area contributed by atoms with Crippen LogP contribution in [0.3, 0.4) is 0 Å². The SMILES string of the molecule is NC(=O)c1cc(Cc2cc([N+](=O)[O-])ccc2OC(=O)Oc2ccc([N+](=O)[O-])cc2Cc2cc(C(N)=O)no2)on1. The lowest BCUT2D eigenvalue weighted by atomic mass is 10.1. The minimum absolute atomic E-state index is 0.0903. The Balaban J connectivity index is 1.59. The molecule has 0 aliphatic rings. The largest absolute Gasteiger partial charge is 0.519 e. The molecule has 4 rings (SSSR count). The minimum atomic E-state index is -1.30. The average molecular weight is 552 g/mol. The molecule has 0 spiro atoms. The Morgan fingerprint density at radius 2 is 1.12 bits per heavy atom. The Hall–Kier alpha value is -6.13. The van der Waals surface area contributed by atoms with E-state index in [-0.39, 0.29) is 69.8 Å². The number of hydrogen-bond donors (Lipinski definition) is 2. The second-order valence-electron chi connectivity index (χ2n) is 7.99. The Morgan fingerprint density at radius 1 is 0.725 bits per heavy atom. The number of benzene rings is 2. The molecule has 4 aromatic rings. The number of nitrogens with two attached hydrogens (primary N) is 2. The minimum Gasteiger partial charge on any atom is -0.394 e. The second-order valence-corrected chi connectivity index (χ2v) is 7.99. The summed E-state index contributed by atoms with van der Waals surface area (Å²) >= 11 is 0. The lowest BCUT2D eigenvalue weighted by Crippen LogP contribution is -2.16. The second kappa shape index (κ2) is 11.1.